The van der Waals surface area contributed by atoms with Gasteiger partial charge < -0.3 is 0 Å². The number of thioether (sulfide) groups is 1. The zero-order valence-corrected chi connectivity index (χ0v) is 16.7. The molecule has 2 aromatic carbocycles. The van der Waals surface area contributed by atoms with E-state index in [1.165, 1.54) is 48.3 Å². The van der Waals surface area contributed by atoms with E-state index in [-0.39, 0.29) is 0 Å². The van der Waals surface area contributed by atoms with Crippen molar-refractivity contribution in [3.05, 3.63) is 60.0 Å². The SMILES string of the molecule is c1ccc2c(c1)nc(CSc1n[nH]c(CCC3CCCC3)n1)c1ccccc12. The van der Waals surface area contributed by atoms with E-state index in [2.05, 4.69) is 52.7 Å². The molecule has 0 radical (unpaired) electrons. The third-order valence-corrected chi connectivity index (χ3v) is 6.66. The minimum atomic E-state index is 0.769. The molecule has 2 aromatic heterocycles. The number of H-pyrrole nitrogens is 1. The van der Waals surface area contributed by atoms with Gasteiger partial charge in [0, 0.05) is 22.9 Å². The second kappa shape index (κ2) is 7.92. The highest BCUT2D eigenvalue weighted by molar-refractivity contribution is 7.98. The smallest absolute Gasteiger partial charge is 0.208 e. The van der Waals surface area contributed by atoms with E-state index in [4.69, 9.17) is 9.97 Å². The summed E-state index contributed by atoms with van der Waals surface area (Å²) < 4.78 is 0. The fourth-order valence-electron chi connectivity index (χ4n) is 4.31. The van der Waals surface area contributed by atoms with E-state index in [0.717, 1.165) is 40.3 Å². The molecule has 4 nitrogen and oxygen atoms in total. The summed E-state index contributed by atoms with van der Waals surface area (Å²) in [6.45, 7) is 0. The van der Waals surface area contributed by atoms with E-state index in [1.807, 2.05) is 6.07 Å². The number of fused-ring (bicyclic) bond motifs is 3. The van der Waals surface area contributed by atoms with E-state index in [0.29, 0.717) is 0 Å². The number of benzene rings is 2. The third-order valence-electron chi connectivity index (χ3n) is 5.80. The number of aromatic amines is 1. The van der Waals surface area contributed by atoms with E-state index < -0.39 is 0 Å². The van der Waals surface area contributed by atoms with Crippen LogP contribution in [0.15, 0.2) is 53.7 Å². The minimum Gasteiger partial charge on any atom is -0.262 e. The van der Waals surface area contributed by atoms with Crippen molar-refractivity contribution in [1.29, 1.82) is 0 Å². The van der Waals surface area contributed by atoms with Crippen molar-refractivity contribution >= 4 is 33.4 Å². The quantitative estimate of drug-likeness (QED) is 0.329. The zero-order chi connectivity index (χ0) is 18.8. The molecular formula is C23H24N4S. The summed E-state index contributed by atoms with van der Waals surface area (Å²) in [4.78, 5) is 9.62. The Bertz CT molecular complexity index is 1100. The lowest BCUT2D eigenvalue weighted by atomic mass is 10.0. The largest absolute Gasteiger partial charge is 0.262 e. The van der Waals surface area contributed by atoms with Gasteiger partial charge in [-0.25, -0.2) is 4.98 Å². The molecular weight excluding hydrogens is 364 g/mol. The number of para-hydroxylation sites is 1. The molecule has 5 rings (SSSR count). The van der Waals surface area contributed by atoms with Crippen molar-refractivity contribution in [3.8, 4) is 0 Å². The lowest BCUT2D eigenvalue weighted by Gasteiger charge is -2.08. The van der Waals surface area contributed by atoms with Crippen LogP contribution in [0.4, 0.5) is 0 Å². The van der Waals surface area contributed by atoms with Gasteiger partial charge in [0.1, 0.15) is 5.82 Å². The monoisotopic (exact) mass is 388 g/mol. The molecule has 1 saturated carbocycles. The van der Waals surface area contributed by atoms with E-state index >= 15 is 0 Å². The highest BCUT2D eigenvalue weighted by atomic mass is 32.2. The molecule has 1 fully saturated rings. The van der Waals surface area contributed by atoms with Gasteiger partial charge in [0.05, 0.1) is 11.2 Å². The molecule has 1 aliphatic rings. The number of pyridine rings is 1. The zero-order valence-electron chi connectivity index (χ0n) is 15.9. The maximum atomic E-state index is 4.93. The van der Waals surface area contributed by atoms with Crippen LogP contribution in [-0.4, -0.2) is 20.2 Å². The Labute approximate surface area is 169 Å². The number of rotatable bonds is 6. The van der Waals surface area contributed by atoms with Crippen molar-refractivity contribution in [2.75, 3.05) is 0 Å². The standard InChI is InChI=1S/C23H24N4S/c1-2-8-16(7-1)13-14-22-25-23(27-26-22)28-15-21-19-11-4-3-9-17(19)18-10-5-6-12-20(18)24-21/h3-6,9-12,16H,1-2,7-8,13-15H2,(H,25,26,27). The predicted octanol–water partition coefficient (Wildman–Crippen LogP) is 5.92. The topological polar surface area (TPSA) is 54.5 Å². The van der Waals surface area contributed by atoms with Crippen LogP contribution in [-0.2, 0) is 12.2 Å². The fraction of sp³-hybridized carbons (Fsp3) is 0.348. The summed E-state index contributed by atoms with van der Waals surface area (Å²) in [5.41, 5.74) is 2.14. The molecule has 0 saturated heterocycles. The van der Waals surface area contributed by atoms with Gasteiger partial charge in [-0.05, 0) is 23.8 Å². The third kappa shape index (κ3) is 3.63. The molecule has 5 heteroatoms. The molecule has 0 unspecified atom stereocenters. The van der Waals surface area contributed by atoms with Gasteiger partial charge in [-0.3, -0.25) is 10.1 Å². The summed E-state index contributed by atoms with van der Waals surface area (Å²) in [5, 5.41) is 12.0. The van der Waals surface area contributed by atoms with Gasteiger partial charge in [-0.2, -0.15) is 0 Å². The molecule has 1 N–H and O–H groups in total. The summed E-state index contributed by atoms with van der Waals surface area (Å²) in [6, 6.07) is 16.9. The first-order chi connectivity index (χ1) is 13.9. The van der Waals surface area contributed by atoms with Crippen LogP contribution in [0.5, 0.6) is 0 Å². The average Bonchev–Trinajstić information content (AvgIpc) is 3.42. The van der Waals surface area contributed by atoms with Gasteiger partial charge in [0.2, 0.25) is 5.16 Å². The van der Waals surface area contributed by atoms with Crippen molar-refractivity contribution in [2.45, 2.75) is 49.4 Å². The minimum absolute atomic E-state index is 0.769. The molecule has 0 bridgehead atoms. The Morgan fingerprint density at radius 1 is 0.893 bits per heavy atom. The van der Waals surface area contributed by atoms with Crippen LogP contribution in [0.2, 0.25) is 0 Å². The van der Waals surface area contributed by atoms with Crippen LogP contribution in [0.3, 0.4) is 0 Å². The molecule has 0 aliphatic heterocycles. The average molecular weight is 389 g/mol. The highest BCUT2D eigenvalue weighted by Gasteiger charge is 2.16. The molecule has 1 aliphatic carbocycles. The number of aryl methyl sites for hydroxylation is 1. The lowest BCUT2D eigenvalue weighted by molar-refractivity contribution is 0.497. The first-order valence-electron chi connectivity index (χ1n) is 10.2. The van der Waals surface area contributed by atoms with Crippen molar-refractivity contribution < 1.29 is 0 Å². The fourth-order valence-corrected chi connectivity index (χ4v) is 5.08. The number of hydrogen-bond acceptors (Lipinski definition) is 4. The maximum Gasteiger partial charge on any atom is 0.208 e. The second-order valence-electron chi connectivity index (χ2n) is 7.66. The lowest BCUT2D eigenvalue weighted by Crippen LogP contribution is -1.97. The van der Waals surface area contributed by atoms with E-state index in [1.54, 1.807) is 11.8 Å². The predicted molar refractivity (Wildman–Crippen MR) is 115 cm³/mol. The van der Waals surface area contributed by atoms with Gasteiger partial charge in [-0.15, -0.1) is 5.10 Å². The van der Waals surface area contributed by atoms with Crippen molar-refractivity contribution in [1.82, 2.24) is 20.2 Å². The van der Waals surface area contributed by atoms with Gasteiger partial charge in [0.15, 0.2) is 0 Å². The van der Waals surface area contributed by atoms with Crippen molar-refractivity contribution in [3.63, 3.8) is 0 Å². The normalized spacial score (nSPS) is 15.0. The number of nitrogens with zero attached hydrogens (tertiary/aromatic N) is 3. The molecule has 2 heterocycles. The highest BCUT2D eigenvalue weighted by Crippen LogP contribution is 2.30. The first kappa shape index (κ1) is 17.7. The molecule has 0 amide bonds. The van der Waals surface area contributed by atoms with Gasteiger partial charge in [0.25, 0.3) is 0 Å². The molecule has 0 spiro atoms. The number of aromatic nitrogens is 4. The Kier molecular flexibility index (Phi) is 5.00. The number of nitrogens with one attached hydrogen (secondary N) is 1. The van der Waals surface area contributed by atoms with Crippen LogP contribution < -0.4 is 0 Å². The van der Waals surface area contributed by atoms with Gasteiger partial charge in [-0.1, -0.05) is 79.9 Å². The Hall–Kier alpha value is -2.40. The van der Waals surface area contributed by atoms with Crippen LogP contribution >= 0.6 is 11.8 Å². The van der Waals surface area contributed by atoms with Crippen LogP contribution in [0.25, 0.3) is 21.7 Å². The molecule has 142 valence electrons. The summed E-state index contributed by atoms with van der Waals surface area (Å²) >= 11 is 1.66. The molecule has 4 aromatic rings. The summed E-state index contributed by atoms with van der Waals surface area (Å²) in [6.07, 6.45) is 7.81. The van der Waals surface area contributed by atoms with E-state index in [9.17, 15) is 0 Å². The Balaban J connectivity index is 1.33. The van der Waals surface area contributed by atoms with Gasteiger partial charge >= 0.3 is 0 Å². The molecule has 28 heavy (non-hydrogen) atoms. The van der Waals surface area contributed by atoms with Crippen LogP contribution in [0.1, 0.15) is 43.6 Å². The summed E-state index contributed by atoms with van der Waals surface area (Å²) in [7, 11) is 0. The Morgan fingerprint density at radius 3 is 2.50 bits per heavy atom. The van der Waals surface area contributed by atoms with Crippen LogP contribution in [0, 0.1) is 5.92 Å². The molecule has 0 atom stereocenters. The Morgan fingerprint density at radius 2 is 1.64 bits per heavy atom. The first-order valence-corrected chi connectivity index (χ1v) is 11.2. The van der Waals surface area contributed by atoms with Crippen molar-refractivity contribution in [2.24, 2.45) is 5.92 Å². The number of hydrogen-bond donors (Lipinski definition) is 1. The maximum absolute atomic E-state index is 4.93. The second-order valence-corrected chi connectivity index (χ2v) is 8.61. The summed E-state index contributed by atoms with van der Waals surface area (Å²) in [5.74, 6) is 2.67.